The molecular formula is C13H12N4O3S2. The van der Waals surface area contributed by atoms with Gasteiger partial charge in [-0.1, -0.05) is 47.4 Å². The second-order valence-electron chi connectivity index (χ2n) is 4.08. The zero-order valence-corrected chi connectivity index (χ0v) is 13.0. The smallest absolute Gasteiger partial charge is 0.273 e. The van der Waals surface area contributed by atoms with Gasteiger partial charge >= 0.3 is 0 Å². The monoisotopic (exact) mass is 336 g/mol. The molecule has 1 amide bonds. The molecule has 114 valence electrons. The number of rotatable bonds is 7. The molecule has 0 saturated heterocycles. The van der Waals surface area contributed by atoms with Gasteiger partial charge in [0.2, 0.25) is 11.0 Å². The van der Waals surface area contributed by atoms with E-state index in [1.807, 2.05) is 0 Å². The number of nitrogens with zero attached hydrogens (tertiary/aromatic N) is 3. The van der Waals surface area contributed by atoms with Crippen molar-refractivity contribution in [2.75, 3.05) is 11.1 Å². The summed E-state index contributed by atoms with van der Waals surface area (Å²) < 4.78 is 0.723. The zero-order chi connectivity index (χ0) is 15.9. The van der Waals surface area contributed by atoms with Crippen LogP contribution in [0.15, 0.2) is 41.3 Å². The van der Waals surface area contributed by atoms with Crippen molar-refractivity contribution in [1.82, 2.24) is 10.2 Å². The molecule has 2 aromatic rings. The van der Waals surface area contributed by atoms with Gasteiger partial charge < -0.3 is 5.32 Å². The molecule has 2 rings (SSSR count). The summed E-state index contributed by atoms with van der Waals surface area (Å²) in [4.78, 5) is 22.4. The Hall–Kier alpha value is -2.26. The number of nitrogens with one attached hydrogen (secondary N) is 1. The number of hydrogen-bond acceptors (Lipinski definition) is 7. The summed E-state index contributed by atoms with van der Waals surface area (Å²) in [5.41, 5.74) is 0.285. The molecule has 0 bridgehead atoms. The Morgan fingerprint density at radius 2 is 2.23 bits per heavy atom. The lowest BCUT2D eigenvalue weighted by Crippen LogP contribution is -2.15. The van der Waals surface area contributed by atoms with E-state index in [9.17, 15) is 14.9 Å². The number of benzene rings is 1. The Kier molecular flexibility index (Phi) is 5.61. The molecule has 1 aromatic carbocycles. The second kappa shape index (κ2) is 7.66. The van der Waals surface area contributed by atoms with Gasteiger partial charge in [-0.05, 0) is 0 Å². The summed E-state index contributed by atoms with van der Waals surface area (Å²) in [5, 5.41) is 21.7. The Bertz CT molecular complexity index is 702. The van der Waals surface area contributed by atoms with Gasteiger partial charge in [-0.3, -0.25) is 14.9 Å². The fourth-order valence-electron chi connectivity index (χ4n) is 1.62. The summed E-state index contributed by atoms with van der Waals surface area (Å²) in [5.74, 6) is 0.337. The van der Waals surface area contributed by atoms with E-state index in [4.69, 9.17) is 0 Å². The molecule has 0 saturated carbocycles. The third kappa shape index (κ3) is 4.37. The standard InChI is InChI=1S/C13H12N4O3S2/c1-2-7-21-13-16-15-12(22-13)14-11(18)8-9-5-3-4-6-10(9)17(19)20/h2-6H,1,7-8H2,(H,14,15,18). The molecule has 0 aliphatic carbocycles. The SMILES string of the molecule is C=CCSc1nnc(NC(=O)Cc2ccccc2[N+](=O)[O-])s1. The number of nitro groups is 1. The first kappa shape index (κ1) is 16.1. The molecule has 9 heteroatoms. The number of thioether (sulfide) groups is 1. The minimum absolute atomic E-state index is 0.0721. The first-order chi connectivity index (χ1) is 10.6. The Labute approximate surface area is 134 Å². The highest BCUT2D eigenvalue weighted by molar-refractivity contribution is 8.01. The van der Waals surface area contributed by atoms with Crippen LogP contribution in [0.4, 0.5) is 10.8 Å². The van der Waals surface area contributed by atoms with Crippen LogP contribution >= 0.6 is 23.1 Å². The molecule has 0 radical (unpaired) electrons. The van der Waals surface area contributed by atoms with E-state index in [0.29, 0.717) is 16.4 Å². The molecule has 1 aromatic heterocycles. The fraction of sp³-hybridized carbons (Fsp3) is 0.154. The topological polar surface area (TPSA) is 98.0 Å². The van der Waals surface area contributed by atoms with E-state index in [0.717, 1.165) is 4.34 Å². The van der Waals surface area contributed by atoms with Gasteiger partial charge in [-0.2, -0.15) is 0 Å². The summed E-state index contributed by atoms with van der Waals surface area (Å²) >= 11 is 2.71. The number of aromatic nitrogens is 2. The molecule has 7 nitrogen and oxygen atoms in total. The summed E-state index contributed by atoms with van der Waals surface area (Å²) in [6, 6.07) is 6.15. The molecular weight excluding hydrogens is 324 g/mol. The van der Waals surface area contributed by atoms with Crippen LogP contribution in [0.1, 0.15) is 5.56 Å². The van der Waals surface area contributed by atoms with Crippen LogP contribution in [0, 0.1) is 10.1 Å². The number of carbonyl (C=O) groups is 1. The van der Waals surface area contributed by atoms with Gasteiger partial charge in [0, 0.05) is 17.4 Å². The van der Waals surface area contributed by atoms with E-state index < -0.39 is 4.92 Å². The second-order valence-corrected chi connectivity index (χ2v) is 6.33. The van der Waals surface area contributed by atoms with Crippen LogP contribution in [0.5, 0.6) is 0 Å². The number of hydrogen-bond donors (Lipinski definition) is 1. The van der Waals surface area contributed by atoms with E-state index in [-0.39, 0.29) is 18.0 Å². The van der Waals surface area contributed by atoms with Crippen molar-refractivity contribution in [3.8, 4) is 0 Å². The van der Waals surface area contributed by atoms with Crippen molar-refractivity contribution in [3.05, 3.63) is 52.6 Å². The fourth-order valence-corrected chi connectivity index (χ4v) is 3.15. The van der Waals surface area contributed by atoms with Crippen LogP contribution in [-0.4, -0.2) is 26.8 Å². The van der Waals surface area contributed by atoms with Crippen LogP contribution in [0.3, 0.4) is 0 Å². The molecule has 0 spiro atoms. The molecule has 0 fully saturated rings. The Balaban J connectivity index is 2.00. The summed E-state index contributed by atoms with van der Waals surface area (Å²) in [6.45, 7) is 3.61. The predicted octanol–water partition coefficient (Wildman–Crippen LogP) is 2.91. The van der Waals surface area contributed by atoms with E-state index in [2.05, 4.69) is 22.1 Å². The van der Waals surface area contributed by atoms with E-state index in [1.54, 1.807) is 24.3 Å². The average Bonchev–Trinajstić information content (AvgIpc) is 2.92. The van der Waals surface area contributed by atoms with Gasteiger partial charge in [0.05, 0.1) is 11.3 Å². The minimum atomic E-state index is -0.502. The van der Waals surface area contributed by atoms with E-state index >= 15 is 0 Å². The third-order valence-electron chi connectivity index (χ3n) is 2.52. The van der Waals surface area contributed by atoms with Gasteiger partial charge in [0.1, 0.15) is 0 Å². The molecule has 1 heterocycles. The highest BCUT2D eigenvalue weighted by Crippen LogP contribution is 2.25. The van der Waals surface area contributed by atoms with Crippen molar-refractivity contribution in [2.45, 2.75) is 10.8 Å². The lowest BCUT2D eigenvalue weighted by molar-refractivity contribution is -0.385. The first-order valence-electron chi connectivity index (χ1n) is 6.19. The molecule has 0 aliphatic heterocycles. The highest BCUT2D eigenvalue weighted by atomic mass is 32.2. The number of anilines is 1. The lowest BCUT2D eigenvalue weighted by Gasteiger charge is -2.02. The molecule has 0 aliphatic rings. The molecule has 22 heavy (non-hydrogen) atoms. The minimum Gasteiger partial charge on any atom is -0.300 e. The van der Waals surface area contributed by atoms with Crippen molar-refractivity contribution in [3.63, 3.8) is 0 Å². The van der Waals surface area contributed by atoms with Crippen molar-refractivity contribution < 1.29 is 9.72 Å². The molecule has 0 atom stereocenters. The maximum Gasteiger partial charge on any atom is 0.273 e. The van der Waals surface area contributed by atoms with Gasteiger partial charge in [-0.15, -0.1) is 16.8 Å². The summed E-state index contributed by atoms with van der Waals surface area (Å²) in [6.07, 6.45) is 1.66. The van der Waals surface area contributed by atoms with E-state index in [1.165, 1.54) is 29.2 Å². The first-order valence-corrected chi connectivity index (χ1v) is 7.99. The van der Waals surface area contributed by atoms with Crippen LogP contribution in [-0.2, 0) is 11.2 Å². The van der Waals surface area contributed by atoms with Crippen molar-refractivity contribution in [1.29, 1.82) is 0 Å². The lowest BCUT2D eigenvalue weighted by atomic mass is 10.1. The summed E-state index contributed by atoms with van der Waals surface area (Å²) in [7, 11) is 0. The Morgan fingerprint density at radius 1 is 1.45 bits per heavy atom. The number of amides is 1. The van der Waals surface area contributed by atoms with Gasteiger partial charge in [0.25, 0.3) is 5.69 Å². The average molecular weight is 336 g/mol. The van der Waals surface area contributed by atoms with Crippen LogP contribution in [0.25, 0.3) is 0 Å². The maximum atomic E-state index is 12.0. The number of nitro benzene ring substituents is 1. The highest BCUT2D eigenvalue weighted by Gasteiger charge is 2.16. The third-order valence-corrected chi connectivity index (χ3v) is 4.48. The Morgan fingerprint density at radius 3 is 2.95 bits per heavy atom. The quantitative estimate of drug-likeness (QED) is 0.274. The van der Waals surface area contributed by atoms with Crippen molar-refractivity contribution in [2.24, 2.45) is 0 Å². The molecule has 0 unspecified atom stereocenters. The van der Waals surface area contributed by atoms with Crippen LogP contribution < -0.4 is 5.32 Å². The van der Waals surface area contributed by atoms with Gasteiger partial charge in [-0.25, -0.2) is 0 Å². The normalized spacial score (nSPS) is 10.2. The molecule has 1 N–H and O–H groups in total. The maximum absolute atomic E-state index is 12.0. The van der Waals surface area contributed by atoms with Gasteiger partial charge in [0.15, 0.2) is 4.34 Å². The van der Waals surface area contributed by atoms with Crippen LogP contribution in [0.2, 0.25) is 0 Å². The largest absolute Gasteiger partial charge is 0.300 e. The zero-order valence-electron chi connectivity index (χ0n) is 11.4. The predicted molar refractivity (Wildman–Crippen MR) is 86.3 cm³/mol. The number of carbonyl (C=O) groups excluding carboxylic acids is 1. The van der Waals surface area contributed by atoms with Crippen molar-refractivity contribution >= 4 is 39.8 Å². The number of para-hydroxylation sites is 1.